The number of aromatic amines is 1. The van der Waals surface area contributed by atoms with Crippen LogP contribution in [0.2, 0.25) is 0 Å². The number of ketones is 1. The van der Waals surface area contributed by atoms with E-state index in [1.165, 1.54) is 18.9 Å². The topological polar surface area (TPSA) is 77.0 Å². The molecule has 0 saturated heterocycles. The Kier molecular flexibility index (Phi) is 5.41. The Morgan fingerprint density at radius 1 is 1.30 bits per heavy atom. The largest absolute Gasteiger partial charge is 0.465 e. The molecule has 2 aromatic heterocycles. The van der Waals surface area contributed by atoms with Gasteiger partial charge in [-0.15, -0.1) is 0 Å². The molecule has 0 radical (unpaired) electrons. The number of esters is 1. The van der Waals surface area contributed by atoms with Gasteiger partial charge in [-0.25, -0.2) is 9.78 Å². The molecule has 0 amide bonds. The first kappa shape index (κ1) is 19.2. The van der Waals surface area contributed by atoms with E-state index in [9.17, 15) is 9.59 Å². The second-order valence-electron chi connectivity index (χ2n) is 6.37. The monoisotopic (exact) mass is 385 g/mol. The van der Waals surface area contributed by atoms with Crippen molar-refractivity contribution in [1.29, 1.82) is 0 Å². The number of rotatable bonds is 6. The summed E-state index contributed by atoms with van der Waals surface area (Å²) in [6.45, 7) is 8.23. The van der Waals surface area contributed by atoms with Crippen LogP contribution in [0.4, 0.5) is 0 Å². The van der Waals surface area contributed by atoms with Gasteiger partial charge in [0.2, 0.25) is 0 Å². The van der Waals surface area contributed by atoms with Crippen LogP contribution in [-0.4, -0.2) is 38.6 Å². The summed E-state index contributed by atoms with van der Waals surface area (Å²) in [6, 6.07) is 7.94. The van der Waals surface area contributed by atoms with E-state index in [0.29, 0.717) is 22.5 Å². The molecule has 1 aromatic carbocycles. The van der Waals surface area contributed by atoms with Crippen LogP contribution in [0.15, 0.2) is 29.4 Å². The third-order valence-corrected chi connectivity index (χ3v) is 5.75. The molecule has 3 rings (SSSR count). The van der Waals surface area contributed by atoms with Gasteiger partial charge < -0.3 is 14.3 Å². The van der Waals surface area contributed by atoms with Crippen molar-refractivity contribution in [3.05, 3.63) is 46.8 Å². The van der Waals surface area contributed by atoms with Gasteiger partial charge in [0.1, 0.15) is 0 Å². The van der Waals surface area contributed by atoms with Crippen LogP contribution in [-0.2, 0) is 11.3 Å². The van der Waals surface area contributed by atoms with Crippen molar-refractivity contribution >= 4 is 34.5 Å². The molecular formula is C20H23N3O3S. The maximum absolute atomic E-state index is 13.0. The molecule has 2 heterocycles. The van der Waals surface area contributed by atoms with E-state index < -0.39 is 5.97 Å². The second kappa shape index (κ2) is 7.60. The highest BCUT2D eigenvalue weighted by atomic mass is 32.2. The van der Waals surface area contributed by atoms with E-state index in [4.69, 9.17) is 4.74 Å². The standard InChI is InChI=1S/C20H23N3O3S/c1-6-23-15-10-8-7-9-14(15)22-20(23)27-13(4)18(24)17-11(2)16(12(3)21-17)19(25)26-5/h7-10,13,21H,6H2,1-5H3/t13-/m1/s1. The van der Waals surface area contributed by atoms with E-state index in [1.807, 2.05) is 31.2 Å². The van der Waals surface area contributed by atoms with Crippen LogP contribution in [0.25, 0.3) is 11.0 Å². The summed E-state index contributed by atoms with van der Waals surface area (Å²) in [4.78, 5) is 32.7. The van der Waals surface area contributed by atoms with Crippen LogP contribution in [0.5, 0.6) is 0 Å². The number of Topliss-reactive ketones (excluding diaryl/α,β-unsaturated/α-hetero) is 1. The van der Waals surface area contributed by atoms with Gasteiger partial charge in [0.25, 0.3) is 0 Å². The van der Waals surface area contributed by atoms with Gasteiger partial charge in [-0.2, -0.15) is 0 Å². The van der Waals surface area contributed by atoms with Crippen molar-refractivity contribution in [3.8, 4) is 0 Å². The molecule has 0 bridgehead atoms. The zero-order chi connectivity index (χ0) is 19.7. The number of nitrogens with zero attached hydrogens (tertiary/aromatic N) is 2. The fourth-order valence-corrected chi connectivity index (χ4v) is 4.32. The van der Waals surface area contributed by atoms with Crippen molar-refractivity contribution in [2.45, 2.75) is 44.6 Å². The van der Waals surface area contributed by atoms with Gasteiger partial charge in [-0.1, -0.05) is 23.9 Å². The quantitative estimate of drug-likeness (QED) is 0.392. The molecule has 142 valence electrons. The number of H-pyrrole nitrogens is 1. The normalized spacial score (nSPS) is 12.3. The fourth-order valence-electron chi connectivity index (χ4n) is 3.27. The fraction of sp³-hybridized carbons (Fsp3) is 0.350. The highest BCUT2D eigenvalue weighted by Crippen LogP contribution is 2.30. The Morgan fingerprint density at radius 3 is 2.67 bits per heavy atom. The number of imidazole rings is 1. The van der Waals surface area contributed by atoms with E-state index in [1.54, 1.807) is 13.8 Å². The number of para-hydroxylation sites is 2. The molecule has 27 heavy (non-hydrogen) atoms. The van der Waals surface area contributed by atoms with Crippen LogP contribution in [0, 0.1) is 13.8 Å². The number of aryl methyl sites for hydroxylation is 2. The lowest BCUT2D eigenvalue weighted by atomic mass is 10.1. The lowest BCUT2D eigenvalue weighted by molar-refractivity contribution is 0.0599. The average Bonchev–Trinajstić information content (AvgIpc) is 3.16. The molecule has 0 unspecified atom stereocenters. The smallest absolute Gasteiger partial charge is 0.339 e. The van der Waals surface area contributed by atoms with Crippen molar-refractivity contribution < 1.29 is 14.3 Å². The van der Waals surface area contributed by atoms with Gasteiger partial charge in [-0.3, -0.25) is 4.79 Å². The Bertz CT molecular complexity index is 1020. The van der Waals surface area contributed by atoms with Gasteiger partial charge in [0.15, 0.2) is 10.9 Å². The molecule has 1 atom stereocenters. The first-order valence-corrected chi connectivity index (χ1v) is 9.70. The molecule has 6 nitrogen and oxygen atoms in total. The number of hydrogen-bond donors (Lipinski definition) is 1. The Hall–Kier alpha value is -2.54. The zero-order valence-electron chi connectivity index (χ0n) is 16.1. The van der Waals surface area contributed by atoms with Crippen LogP contribution < -0.4 is 0 Å². The molecule has 0 aliphatic carbocycles. The van der Waals surface area contributed by atoms with Crippen LogP contribution in [0.1, 0.15) is 46.0 Å². The van der Waals surface area contributed by atoms with Gasteiger partial charge in [0, 0.05) is 12.2 Å². The minimum absolute atomic E-state index is 0.0644. The molecular weight excluding hydrogens is 362 g/mol. The number of methoxy groups -OCH3 is 1. The Labute approximate surface area is 162 Å². The number of benzene rings is 1. The van der Waals surface area contributed by atoms with Gasteiger partial charge in [-0.05, 0) is 45.4 Å². The first-order chi connectivity index (χ1) is 12.9. The minimum Gasteiger partial charge on any atom is -0.465 e. The van der Waals surface area contributed by atoms with Crippen LogP contribution >= 0.6 is 11.8 Å². The number of thioether (sulfide) groups is 1. The summed E-state index contributed by atoms with van der Waals surface area (Å²) in [5, 5.41) is 0.461. The van der Waals surface area contributed by atoms with E-state index in [0.717, 1.165) is 22.7 Å². The number of carbonyl (C=O) groups excluding carboxylic acids is 2. The molecule has 1 N–H and O–H groups in total. The van der Waals surface area contributed by atoms with Crippen molar-refractivity contribution in [3.63, 3.8) is 0 Å². The number of nitrogens with one attached hydrogen (secondary N) is 1. The molecule has 3 aromatic rings. The molecule has 0 aliphatic heterocycles. The van der Waals surface area contributed by atoms with Crippen LogP contribution in [0.3, 0.4) is 0 Å². The summed E-state index contributed by atoms with van der Waals surface area (Å²) in [6.07, 6.45) is 0. The van der Waals surface area contributed by atoms with Crippen molar-refractivity contribution in [1.82, 2.24) is 14.5 Å². The summed E-state index contributed by atoms with van der Waals surface area (Å²) in [5.41, 5.74) is 4.12. The number of carbonyl (C=O) groups is 2. The Morgan fingerprint density at radius 2 is 2.00 bits per heavy atom. The van der Waals surface area contributed by atoms with Crippen molar-refractivity contribution in [2.75, 3.05) is 7.11 Å². The highest BCUT2D eigenvalue weighted by molar-refractivity contribution is 8.00. The minimum atomic E-state index is -0.437. The molecule has 7 heteroatoms. The van der Waals surface area contributed by atoms with Gasteiger partial charge >= 0.3 is 5.97 Å². The number of hydrogen-bond acceptors (Lipinski definition) is 5. The third-order valence-electron chi connectivity index (χ3n) is 4.66. The zero-order valence-corrected chi connectivity index (χ0v) is 16.9. The lowest BCUT2D eigenvalue weighted by Gasteiger charge is -2.11. The first-order valence-electron chi connectivity index (χ1n) is 8.82. The van der Waals surface area contributed by atoms with E-state index in [2.05, 4.69) is 21.5 Å². The molecule has 0 aliphatic rings. The predicted octanol–water partition coefficient (Wildman–Crippen LogP) is 4.15. The van der Waals surface area contributed by atoms with Crippen molar-refractivity contribution in [2.24, 2.45) is 0 Å². The van der Waals surface area contributed by atoms with E-state index >= 15 is 0 Å². The predicted molar refractivity (Wildman–Crippen MR) is 107 cm³/mol. The molecule has 0 fully saturated rings. The van der Waals surface area contributed by atoms with Gasteiger partial charge in [0.05, 0.1) is 34.7 Å². The maximum Gasteiger partial charge on any atom is 0.339 e. The molecule has 0 spiro atoms. The van der Waals surface area contributed by atoms with E-state index in [-0.39, 0.29) is 11.0 Å². The second-order valence-corrected chi connectivity index (χ2v) is 7.68. The number of ether oxygens (including phenoxy) is 1. The lowest BCUT2D eigenvalue weighted by Crippen LogP contribution is -2.16. The highest BCUT2D eigenvalue weighted by Gasteiger charge is 2.27. The summed E-state index contributed by atoms with van der Waals surface area (Å²) >= 11 is 1.43. The summed E-state index contributed by atoms with van der Waals surface area (Å²) in [5.74, 6) is -0.501. The number of aromatic nitrogens is 3. The number of fused-ring (bicyclic) bond motifs is 1. The Balaban J connectivity index is 1.90. The maximum atomic E-state index is 13.0. The third kappa shape index (κ3) is 3.39. The average molecular weight is 385 g/mol. The summed E-state index contributed by atoms with van der Waals surface area (Å²) < 4.78 is 6.93. The summed E-state index contributed by atoms with van der Waals surface area (Å²) in [7, 11) is 1.34. The molecule has 0 saturated carbocycles. The SMILES string of the molecule is CCn1c(S[C@H](C)C(=O)c2[nH]c(C)c(C(=O)OC)c2C)nc2ccccc21.